The second-order valence-electron chi connectivity index (χ2n) is 9.27. The molecule has 5 nitrogen and oxygen atoms in total. The molecule has 3 N–H and O–H groups in total. The number of aliphatic imine (C=N–C) groups is 1. The molecule has 1 aromatic carbocycles. The van der Waals surface area contributed by atoms with Crippen LogP contribution in [0, 0.1) is 11.3 Å². The third-order valence-corrected chi connectivity index (χ3v) is 6.22. The summed E-state index contributed by atoms with van der Waals surface area (Å²) < 4.78 is 5.90. The van der Waals surface area contributed by atoms with Gasteiger partial charge in [0.05, 0.1) is 6.10 Å². The molecule has 1 aliphatic heterocycles. The van der Waals surface area contributed by atoms with Crippen LogP contribution in [0.1, 0.15) is 52.6 Å². The highest BCUT2D eigenvalue weighted by Crippen LogP contribution is 2.52. The molecule has 5 heteroatoms. The summed E-state index contributed by atoms with van der Waals surface area (Å²) in [4.78, 5) is 4.46. The van der Waals surface area contributed by atoms with Crippen molar-refractivity contribution in [2.24, 2.45) is 16.3 Å². The summed E-state index contributed by atoms with van der Waals surface area (Å²) in [7, 11) is 1.84. The molecular weight excluding hydrogens is 336 g/mol. The highest BCUT2D eigenvalue weighted by atomic mass is 16.5. The smallest absolute Gasteiger partial charge is 0.191 e. The molecule has 4 unspecified atom stereocenters. The van der Waals surface area contributed by atoms with Crippen molar-refractivity contribution in [3.63, 3.8) is 0 Å². The molecule has 2 aliphatic rings. The summed E-state index contributed by atoms with van der Waals surface area (Å²) in [5, 5.41) is 10.9. The highest BCUT2D eigenvalue weighted by molar-refractivity contribution is 5.80. The number of nitrogens with one attached hydrogen (secondary N) is 3. The van der Waals surface area contributed by atoms with Gasteiger partial charge in [0.1, 0.15) is 0 Å². The van der Waals surface area contributed by atoms with Gasteiger partial charge in [0.25, 0.3) is 0 Å². The lowest BCUT2D eigenvalue weighted by Crippen LogP contribution is -2.68. The van der Waals surface area contributed by atoms with E-state index in [0.29, 0.717) is 24.1 Å². The van der Waals surface area contributed by atoms with E-state index in [2.05, 4.69) is 85.9 Å². The Balaban J connectivity index is 1.53. The Labute approximate surface area is 164 Å². The fraction of sp³-hybridized carbons (Fsp3) is 0.682. The first-order valence-electron chi connectivity index (χ1n) is 10.2. The molecule has 27 heavy (non-hydrogen) atoms. The number of nitrogens with zero attached hydrogens (tertiary/aromatic N) is 1. The van der Waals surface area contributed by atoms with E-state index in [4.69, 9.17) is 4.74 Å². The first-order valence-corrected chi connectivity index (χ1v) is 10.2. The van der Waals surface area contributed by atoms with Crippen molar-refractivity contribution in [3.8, 4) is 0 Å². The number of ether oxygens (including phenoxy) is 1. The van der Waals surface area contributed by atoms with Crippen molar-refractivity contribution in [1.29, 1.82) is 0 Å². The number of benzene rings is 1. The summed E-state index contributed by atoms with van der Waals surface area (Å²) in [6.07, 6.45) is 1.53. The summed E-state index contributed by atoms with van der Waals surface area (Å²) >= 11 is 0. The van der Waals surface area contributed by atoms with Crippen molar-refractivity contribution >= 4 is 5.96 Å². The van der Waals surface area contributed by atoms with Gasteiger partial charge in [0.15, 0.2) is 5.96 Å². The Bertz CT molecular complexity index is 656. The number of fused-ring (bicyclic) bond motifs is 1. The van der Waals surface area contributed by atoms with Crippen molar-refractivity contribution in [2.75, 3.05) is 20.2 Å². The minimum absolute atomic E-state index is 0.0684. The summed E-state index contributed by atoms with van der Waals surface area (Å²) in [6.45, 7) is 12.9. The van der Waals surface area contributed by atoms with Gasteiger partial charge in [-0.05, 0) is 32.8 Å². The van der Waals surface area contributed by atoms with Gasteiger partial charge in [-0.1, -0.05) is 44.2 Å². The number of guanidine groups is 1. The minimum atomic E-state index is -0.0684. The van der Waals surface area contributed by atoms with Crippen LogP contribution in [0.25, 0.3) is 0 Å². The molecule has 0 bridgehead atoms. The number of rotatable bonds is 6. The maximum Gasteiger partial charge on any atom is 0.191 e. The maximum atomic E-state index is 5.90. The van der Waals surface area contributed by atoms with E-state index in [0.717, 1.165) is 25.5 Å². The number of hydrogen-bond donors (Lipinski definition) is 3. The average Bonchev–Trinajstić information content (AvgIpc) is 3.09. The van der Waals surface area contributed by atoms with Gasteiger partial charge >= 0.3 is 0 Å². The van der Waals surface area contributed by atoms with Crippen LogP contribution in [0.5, 0.6) is 0 Å². The summed E-state index contributed by atoms with van der Waals surface area (Å²) in [6, 6.07) is 11.3. The predicted molar refractivity (Wildman–Crippen MR) is 112 cm³/mol. The van der Waals surface area contributed by atoms with Gasteiger partial charge < -0.3 is 20.7 Å². The Morgan fingerprint density at radius 1 is 1.30 bits per heavy atom. The van der Waals surface area contributed by atoms with Gasteiger partial charge in [-0.15, -0.1) is 0 Å². The first kappa shape index (κ1) is 20.2. The van der Waals surface area contributed by atoms with Crippen LogP contribution in [0.3, 0.4) is 0 Å². The molecule has 1 aliphatic carbocycles. The van der Waals surface area contributed by atoms with E-state index in [1.807, 2.05) is 7.05 Å². The summed E-state index contributed by atoms with van der Waals surface area (Å²) in [5.74, 6) is 1.48. The standard InChI is InChI=1S/C22H36N4O/c1-15(16-10-8-7-9-11-16)26-21(2,3)14-24-20(23-6)25-18-17-12-13-27-19(17)22(18,4)5/h7-11,15,17-19,26H,12-14H2,1-6H3,(H2,23,24,25). The second kappa shape index (κ2) is 7.80. The Hall–Kier alpha value is -1.59. The van der Waals surface area contributed by atoms with Gasteiger partial charge in [-0.3, -0.25) is 4.99 Å². The van der Waals surface area contributed by atoms with Gasteiger partial charge in [-0.25, -0.2) is 0 Å². The van der Waals surface area contributed by atoms with Gasteiger partial charge in [-0.2, -0.15) is 0 Å². The minimum Gasteiger partial charge on any atom is -0.377 e. The van der Waals surface area contributed by atoms with Crippen LogP contribution >= 0.6 is 0 Å². The molecule has 1 saturated carbocycles. The highest BCUT2D eigenvalue weighted by Gasteiger charge is 2.59. The fourth-order valence-corrected chi connectivity index (χ4v) is 4.73. The van der Waals surface area contributed by atoms with Crippen molar-refractivity contribution in [3.05, 3.63) is 35.9 Å². The van der Waals surface area contributed by atoms with E-state index >= 15 is 0 Å². The molecule has 4 atom stereocenters. The predicted octanol–water partition coefficient (Wildman–Crippen LogP) is 3.09. The van der Waals surface area contributed by atoms with E-state index < -0.39 is 0 Å². The molecule has 0 spiro atoms. The van der Waals surface area contributed by atoms with Crippen LogP contribution < -0.4 is 16.0 Å². The van der Waals surface area contributed by atoms with Crippen LogP contribution in [0.4, 0.5) is 0 Å². The molecule has 0 aromatic heterocycles. The SMILES string of the molecule is CN=C(NCC(C)(C)NC(C)c1ccccc1)NC1C2CCOC2C1(C)C. The molecule has 3 rings (SSSR count). The van der Waals surface area contributed by atoms with E-state index in [9.17, 15) is 0 Å². The zero-order valence-corrected chi connectivity index (χ0v) is 17.7. The Morgan fingerprint density at radius 3 is 2.67 bits per heavy atom. The zero-order valence-electron chi connectivity index (χ0n) is 17.7. The van der Waals surface area contributed by atoms with E-state index in [1.165, 1.54) is 5.56 Å². The molecule has 1 heterocycles. The average molecular weight is 373 g/mol. The van der Waals surface area contributed by atoms with Gasteiger partial charge in [0.2, 0.25) is 0 Å². The third-order valence-electron chi connectivity index (χ3n) is 6.22. The zero-order chi connectivity index (χ0) is 19.7. The largest absolute Gasteiger partial charge is 0.377 e. The quantitative estimate of drug-likeness (QED) is 0.531. The molecule has 0 amide bonds. The Kier molecular flexibility index (Phi) is 5.82. The molecule has 1 aromatic rings. The molecule has 1 saturated heterocycles. The molecule has 0 radical (unpaired) electrons. The van der Waals surface area contributed by atoms with E-state index in [1.54, 1.807) is 0 Å². The topological polar surface area (TPSA) is 57.7 Å². The third kappa shape index (κ3) is 4.30. The molecular formula is C22H36N4O. The lowest BCUT2D eigenvalue weighted by molar-refractivity contribution is -0.106. The van der Waals surface area contributed by atoms with E-state index in [-0.39, 0.29) is 11.0 Å². The Morgan fingerprint density at radius 2 is 2.00 bits per heavy atom. The lowest BCUT2D eigenvalue weighted by Gasteiger charge is -2.55. The van der Waals surface area contributed by atoms with Crippen LogP contribution in [0.2, 0.25) is 0 Å². The second-order valence-corrected chi connectivity index (χ2v) is 9.27. The van der Waals surface area contributed by atoms with Crippen LogP contribution in [-0.4, -0.2) is 43.8 Å². The van der Waals surface area contributed by atoms with Crippen molar-refractivity contribution in [2.45, 2.75) is 64.8 Å². The van der Waals surface area contributed by atoms with Crippen molar-refractivity contribution < 1.29 is 4.74 Å². The lowest BCUT2D eigenvalue weighted by atomic mass is 9.57. The van der Waals surface area contributed by atoms with Gasteiger partial charge in [0, 0.05) is 49.2 Å². The normalized spacial score (nSPS) is 28.2. The van der Waals surface area contributed by atoms with Crippen molar-refractivity contribution in [1.82, 2.24) is 16.0 Å². The van der Waals surface area contributed by atoms with Crippen LogP contribution in [-0.2, 0) is 4.74 Å². The molecule has 2 fully saturated rings. The fourth-order valence-electron chi connectivity index (χ4n) is 4.73. The monoisotopic (exact) mass is 372 g/mol. The summed E-state index contributed by atoms with van der Waals surface area (Å²) in [5.41, 5.74) is 1.38. The maximum absolute atomic E-state index is 5.90. The molecule has 150 valence electrons. The number of hydrogen-bond acceptors (Lipinski definition) is 3. The van der Waals surface area contributed by atoms with Crippen LogP contribution in [0.15, 0.2) is 35.3 Å². The first-order chi connectivity index (χ1) is 12.7.